The molecule has 0 aliphatic heterocycles. The van der Waals surface area contributed by atoms with E-state index in [1.807, 2.05) is 0 Å². The van der Waals surface area contributed by atoms with Gasteiger partial charge in [-0.3, -0.25) is 0 Å². The van der Waals surface area contributed by atoms with Crippen LogP contribution < -0.4 is 15.0 Å². The number of benzene rings is 1. The Morgan fingerprint density at radius 3 is 2.76 bits per heavy atom. The number of alkyl halides is 3. The van der Waals surface area contributed by atoms with Gasteiger partial charge in [0.25, 0.3) is 5.65 Å². The molecule has 1 aromatic carbocycles. The van der Waals surface area contributed by atoms with E-state index in [1.54, 1.807) is 53.5 Å². The Hall–Kier alpha value is -3.72. The highest BCUT2D eigenvalue weighted by Gasteiger charge is 2.31. The summed E-state index contributed by atoms with van der Waals surface area (Å²) in [6.07, 6.45) is 2.07. The summed E-state index contributed by atoms with van der Waals surface area (Å²) in [5, 5.41) is 4.23. The van der Waals surface area contributed by atoms with Crippen LogP contribution in [0.5, 0.6) is 5.75 Å². The summed E-state index contributed by atoms with van der Waals surface area (Å²) in [5.74, 6) is 0.423. The molecule has 4 aromatic rings. The van der Waals surface area contributed by atoms with Crippen LogP contribution in [0.2, 0.25) is 5.15 Å². The second-order valence-electron chi connectivity index (χ2n) is 7.03. The summed E-state index contributed by atoms with van der Waals surface area (Å²) in [6.45, 7) is 0.408. The van der Waals surface area contributed by atoms with Gasteiger partial charge in [0.15, 0.2) is 5.75 Å². The van der Waals surface area contributed by atoms with Gasteiger partial charge in [-0.2, -0.15) is 17.6 Å². The number of hydrogen-bond acceptors (Lipinski definition) is 4. The maximum atomic E-state index is 13.2. The monoisotopic (exact) mass is 473 g/mol. The van der Waals surface area contributed by atoms with E-state index in [2.05, 4.69) is 10.1 Å². The van der Waals surface area contributed by atoms with E-state index < -0.39 is 17.3 Å². The van der Waals surface area contributed by atoms with Crippen LogP contribution in [0.1, 0.15) is 12.0 Å². The first-order chi connectivity index (χ1) is 15.8. The molecule has 4 rings (SSSR count). The third-order valence-corrected chi connectivity index (χ3v) is 5.02. The van der Waals surface area contributed by atoms with E-state index in [-0.39, 0.29) is 11.1 Å². The number of aromatic nitrogens is 3. The van der Waals surface area contributed by atoms with E-state index >= 15 is 0 Å². The van der Waals surface area contributed by atoms with Crippen molar-refractivity contribution < 1.29 is 22.6 Å². The van der Waals surface area contributed by atoms with Crippen LogP contribution in [-0.4, -0.2) is 15.6 Å². The molecule has 0 unspecified atom stereocenters. The smallest absolute Gasteiger partial charge is 0.356 e. The summed E-state index contributed by atoms with van der Waals surface area (Å²) < 4.78 is 42.7. The molecule has 0 spiro atoms. The standard InChI is InChI=1S/C23H17ClF3N4O2/c24-20-9-8-18(14-28-20)33-29-10-4-11-30-15-19(22(32)31-12-2-1-7-21(30)31)16-5-3-6-17(13-16)23(25,26)27/h1-3,5-10,12-15H,4,11H2/q+1. The average molecular weight is 474 g/mol. The summed E-state index contributed by atoms with van der Waals surface area (Å²) in [5.41, 5.74) is -0.285. The van der Waals surface area contributed by atoms with E-state index in [9.17, 15) is 18.0 Å². The Morgan fingerprint density at radius 1 is 1.15 bits per heavy atom. The van der Waals surface area contributed by atoms with Gasteiger partial charge in [-0.05, 0) is 35.9 Å². The molecule has 3 heterocycles. The second-order valence-corrected chi connectivity index (χ2v) is 7.42. The van der Waals surface area contributed by atoms with E-state index in [4.69, 9.17) is 16.4 Å². The topological polar surface area (TPSA) is 59.8 Å². The minimum Gasteiger partial charge on any atom is -0.356 e. The molecule has 10 heteroatoms. The molecule has 0 atom stereocenters. The maximum Gasteiger partial charge on any atom is 0.416 e. The Kier molecular flexibility index (Phi) is 6.41. The number of halogens is 4. The summed E-state index contributed by atoms with van der Waals surface area (Å²) in [7, 11) is 0. The molecule has 0 saturated carbocycles. The highest BCUT2D eigenvalue weighted by atomic mass is 35.5. The lowest BCUT2D eigenvalue weighted by atomic mass is 10.1. The van der Waals surface area contributed by atoms with Crippen molar-refractivity contribution in [3.63, 3.8) is 0 Å². The van der Waals surface area contributed by atoms with Gasteiger partial charge >= 0.3 is 11.7 Å². The second kappa shape index (κ2) is 9.41. The van der Waals surface area contributed by atoms with Gasteiger partial charge < -0.3 is 4.84 Å². The maximum absolute atomic E-state index is 13.2. The number of pyridine rings is 2. The first kappa shape index (κ1) is 22.5. The molecule has 0 bridgehead atoms. The Bertz CT molecular complexity index is 1370. The van der Waals surface area contributed by atoms with Crippen LogP contribution in [-0.2, 0) is 12.7 Å². The zero-order valence-corrected chi connectivity index (χ0v) is 17.8. The van der Waals surface area contributed by atoms with Gasteiger partial charge in [0.2, 0.25) is 0 Å². The Morgan fingerprint density at radius 2 is 2.00 bits per heavy atom. The van der Waals surface area contributed by atoms with Crippen LogP contribution in [0.3, 0.4) is 0 Å². The highest BCUT2D eigenvalue weighted by Crippen LogP contribution is 2.31. The number of oxime groups is 1. The summed E-state index contributed by atoms with van der Waals surface area (Å²) in [4.78, 5) is 22.1. The van der Waals surface area contributed by atoms with Crippen LogP contribution in [0, 0.1) is 0 Å². The fourth-order valence-electron chi connectivity index (χ4n) is 3.25. The van der Waals surface area contributed by atoms with Crippen molar-refractivity contribution in [2.24, 2.45) is 5.16 Å². The normalized spacial score (nSPS) is 11.9. The van der Waals surface area contributed by atoms with Gasteiger partial charge in [-0.25, -0.2) is 14.3 Å². The number of aryl methyl sites for hydroxylation is 1. The van der Waals surface area contributed by atoms with Crippen molar-refractivity contribution >= 4 is 23.5 Å². The molecule has 6 nitrogen and oxygen atoms in total. The van der Waals surface area contributed by atoms with Gasteiger partial charge in [0.05, 0.1) is 24.5 Å². The fourth-order valence-corrected chi connectivity index (χ4v) is 3.36. The quantitative estimate of drug-likeness (QED) is 0.175. The van der Waals surface area contributed by atoms with Crippen molar-refractivity contribution in [1.82, 2.24) is 9.38 Å². The molecule has 0 fully saturated rings. The molecule has 0 aliphatic rings. The third-order valence-electron chi connectivity index (χ3n) is 4.80. The van der Waals surface area contributed by atoms with Crippen LogP contribution in [0.4, 0.5) is 13.2 Å². The zero-order valence-electron chi connectivity index (χ0n) is 17.0. The van der Waals surface area contributed by atoms with Crippen LogP contribution in [0.25, 0.3) is 16.8 Å². The summed E-state index contributed by atoms with van der Waals surface area (Å²) in [6, 6.07) is 13.1. The fraction of sp³-hybridized carbons (Fsp3) is 0.130. The average Bonchev–Trinajstić information content (AvgIpc) is 2.81. The van der Waals surface area contributed by atoms with Crippen molar-refractivity contribution in [1.29, 1.82) is 0 Å². The molecule has 0 radical (unpaired) electrons. The highest BCUT2D eigenvalue weighted by molar-refractivity contribution is 6.29. The molecule has 0 N–H and O–H groups in total. The lowest BCUT2D eigenvalue weighted by molar-refractivity contribution is -0.672. The van der Waals surface area contributed by atoms with Crippen LogP contribution >= 0.6 is 11.6 Å². The predicted molar refractivity (Wildman–Crippen MR) is 117 cm³/mol. The molecule has 0 aliphatic carbocycles. The Balaban J connectivity index is 1.62. The Labute approximate surface area is 191 Å². The zero-order chi connectivity index (χ0) is 23.4. The van der Waals surface area contributed by atoms with Gasteiger partial charge in [0, 0.05) is 18.7 Å². The van der Waals surface area contributed by atoms with Crippen molar-refractivity contribution in [3.05, 3.63) is 94.3 Å². The lowest BCUT2D eigenvalue weighted by Crippen LogP contribution is -2.40. The molecule has 3 aromatic heterocycles. The SMILES string of the molecule is O=c1c(-c2cccc(C(F)(F)F)c2)c[n+](CCC=NOc2ccc(Cl)nc2)c2ccccn12. The van der Waals surface area contributed by atoms with Crippen molar-refractivity contribution in [2.45, 2.75) is 19.1 Å². The molecule has 33 heavy (non-hydrogen) atoms. The molecule has 168 valence electrons. The number of hydrogen-bond donors (Lipinski definition) is 0. The van der Waals surface area contributed by atoms with E-state index in [1.165, 1.54) is 22.7 Å². The predicted octanol–water partition coefficient (Wildman–Crippen LogP) is 4.78. The van der Waals surface area contributed by atoms with E-state index in [0.717, 1.165) is 12.1 Å². The van der Waals surface area contributed by atoms with Crippen molar-refractivity contribution in [3.8, 4) is 16.9 Å². The van der Waals surface area contributed by atoms with Gasteiger partial charge in [-0.1, -0.05) is 35.0 Å². The van der Waals surface area contributed by atoms with Crippen LogP contribution in [0.15, 0.2) is 83.1 Å². The number of nitrogens with zero attached hydrogens (tertiary/aromatic N) is 4. The van der Waals surface area contributed by atoms with Gasteiger partial charge in [0.1, 0.15) is 16.9 Å². The van der Waals surface area contributed by atoms with E-state index in [0.29, 0.717) is 29.5 Å². The van der Waals surface area contributed by atoms with Gasteiger partial charge in [-0.15, -0.1) is 0 Å². The minimum absolute atomic E-state index is 0.158. The molecular weight excluding hydrogens is 457 g/mol. The molecular formula is C23H17ClF3N4O2+. The third kappa shape index (κ3) is 5.20. The molecule has 0 amide bonds. The first-order valence-electron chi connectivity index (χ1n) is 9.85. The largest absolute Gasteiger partial charge is 0.416 e. The number of rotatable bonds is 6. The first-order valence-corrected chi connectivity index (χ1v) is 10.2. The molecule has 0 saturated heterocycles. The lowest BCUT2D eigenvalue weighted by Gasteiger charge is -2.09. The minimum atomic E-state index is -4.50. The van der Waals surface area contributed by atoms with Crippen molar-refractivity contribution in [2.75, 3.05) is 0 Å². The summed E-state index contributed by atoms with van der Waals surface area (Å²) >= 11 is 5.72. The number of fused-ring (bicyclic) bond motifs is 1.